The Bertz CT molecular complexity index is 495. The van der Waals surface area contributed by atoms with Crippen LogP contribution in [-0.4, -0.2) is 25.8 Å². The average molecular weight is 284 g/mol. The molecule has 0 saturated heterocycles. The second-order valence-electron chi connectivity index (χ2n) is 5.28. The Morgan fingerprint density at radius 1 is 1.11 bits per heavy atom. The molecule has 108 valence electrons. The first kappa shape index (κ1) is 16.1. The molecule has 1 rings (SSSR count). The van der Waals surface area contributed by atoms with Gasteiger partial charge in [-0.15, -0.1) is 0 Å². The van der Waals surface area contributed by atoms with Crippen molar-refractivity contribution < 1.29 is 8.42 Å². The van der Waals surface area contributed by atoms with Gasteiger partial charge in [0.1, 0.15) is 0 Å². The number of nitrogens with two attached hydrogens (primary N) is 1. The number of benzene rings is 1. The van der Waals surface area contributed by atoms with Crippen molar-refractivity contribution in [1.29, 1.82) is 0 Å². The number of hydrogen-bond donors (Lipinski definition) is 1. The Morgan fingerprint density at radius 2 is 1.58 bits per heavy atom. The smallest absolute Gasteiger partial charge is 0.218 e. The molecule has 0 saturated carbocycles. The lowest BCUT2D eigenvalue weighted by Crippen LogP contribution is -2.38. The summed E-state index contributed by atoms with van der Waals surface area (Å²) in [6, 6.07) is 7.39. The third-order valence-electron chi connectivity index (χ3n) is 3.58. The van der Waals surface area contributed by atoms with Crippen LogP contribution in [0.4, 0.5) is 0 Å². The summed E-state index contributed by atoms with van der Waals surface area (Å²) in [6.07, 6.45) is 0. The molecule has 0 amide bonds. The monoisotopic (exact) mass is 284 g/mol. The zero-order valence-corrected chi connectivity index (χ0v) is 12.9. The lowest BCUT2D eigenvalue weighted by Gasteiger charge is -2.27. The van der Waals surface area contributed by atoms with Gasteiger partial charge in [-0.25, -0.2) is 12.7 Å². The Balaban J connectivity index is 2.83. The fraction of sp³-hybridized carbons (Fsp3) is 0.571. The molecule has 0 radical (unpaired) electrons. The molecule has 0 fully saturated rings. The van der Waals surface area contributed by atoms with Gasteiger partial charge in [0.2, 0.25) is 10.0 Å². The standard InChI is InChI=1S/C14H24N2O2S/c1-11(2)12(3)16(4)19(17,18)10-14-7-5-13(9-15)6-8-14/h5-8,11-12H,9-10,15H2,1-4H3. The fourth-order valence-electron chi connectivity index (χ4n) is 1.76. The highest BCUT2D eigenvalue weighted by molar-refractivity contribution is 7.88. The van der Waals surface area contributed by atoms with Gasteiger partial charge in [-0.2, -0.15) is 0 Å². The second-order valence-corrected chi connectivity index (χ2v) is 7.31. The Morgan fingerprint density at radius 3 is 2.00 bits per heavy atom. The van der Waals surface area contributed by atoms with Crippen molar-refractivity contribution in [3.63, 3.8) is 0 Å². The van der Waals surface area contributed by atoms with Gasteiger partial charge in [0, 0.05) is 19.6 Å². The van der Waals surface area contributed by atoms with Crippen molar-refractivity contribution in [2.24, 2.45) is 11.7 Å². The van der Waals surface area contributed by atoms with E-state index >= 15 is 0 Å². The molecule has 0 aliphatic heterocycles. The third kappa shape index (κ3) is 4.30. The van der Waals surface area contributed by atoms with E-state index in [4.69, 9.17) is 5.73 Å². The number of sulfonamides is 1. The van der Waals surface area contributed by atoms with Gasteiger partial charge in [-0.05, 0) is 24.0 Å². The van der Waals surface area contributed by atoms with E-state index < -0.39 is 10.0 Å². The van der Waals surface area contributed by atoms with Crippen molar-refractivity contribution in [3.05, 3.63) is 35.4 Å². The molecule has 2 N–H and O–H groups in total. The van der Waals surface area contributed by atoms with E-state index in [1.54, 1.807) is 7.05 Å². The predicted molar refractivity (Wildman–Crippen MR) is 79.0 cm³/mol. The summed E-state index contributed by atoms with van der Waals surface area (Å²) in [4.78, 5) is 0. The van der Waals surface area contributed by atoms with Crippen LogP contribution in [0.5, 0.6) is 0 Å². The van der Waals surface area contributed by atoms with E-state index in [1.165, 1.54) is 4.31 Å². The van der Waals surface area contributed by atoms with Crippen molar-refractivity contribution in [2.45, 2.75) is 39.1 Å². The third-order valence-corrected chi connectivity index (χ3v) is 5.49. The van der Waals surface area contributed by atoms with E-state index in [-0.39, 0.29) is 11.8 Å². The first-order valence-corrected chi connectivity index (χ1v) is 8.12. The van der Waals surface area contributed by atoms with Crippen molar-refractivity contribution >= 4 is 10.0 Å². The average Bonchev–Trinajstić information content (AvgIpc) is 2.37. The lowest BCUT2D eigenvalue weighted by molar-refractivity contribution is 0.315. The van der Waals surface area contributed by atoms with Crippen LogP contribution in [0.1, 0.15) is 31.9 Å². The normalized spacial score (nSPS) is 14.1. The predicted octanol–water partition coefficient (Wildman–Crippen LogP) is 1.95. The maximum atomic E-state index is 12.3. The molecule has 4 nitrogen and oxygen atoms in total. The highest BCUT2D eigenvalue weighted by atomic mass is 32.2. The molecule has 0 bridgehead atoms. The quantitative estimate of drug-likeness (QED) is 0.868. The molecule has 0 aromatic heterocycles. The van der Waals surface area contributed by atoms with E-state index in [1.807, 2.05) is 45.0 Å². The number of nitrogens with zero attached hydrogens (tertiary/aromatic N) is 1. The largest absolute Gasteiger partial charge is 0.326 e. The second kappa shape index (κ2) is 6.50. The van der Waals surface area contributed by atoms with Crippen LogP contribution in [0.2, 0.25) is 0 Å². The Hall–Kier alpha value is -0.910. The molecule has 0 heterocycles. The highest BCUT2D eigenvalue weighted by Gasteiger charge is 2.25. The van der Waals surface area contributed by atoms with Gasteiger partial charge in [0.15, 0.2) is 0 Å². The minimum atomic E-state index is -3.28. The highest BCUT2D eigenvalue weighted by Crippen LogP contribution is 2.16. The molecule has 5 heteroatoms. The minimum Gasteiger partial charge on any atom is -0.326 e. The molecule has 19 heavy (non-hydrogen) atoms. The Labute approximate surface area is 116 Å². The van der Waals surface area contributed by atoms with E-state index in [2.05, 4.69) is 0 Å². The van der Waals surface area contributed by atoms with Crippen molar-refractivity contribution in [3.8, 4) is 0 Å². The van der Waals surface area contributed by atoms with Gasteiger partial charge in [-0.3, -0.25) is 0 Å². The summed E-state index contributed by atoms with van der Waals surface area (Å²) >= 11 is 0. The van der Waals surface area contributed by atoms with Crippen molar-refractivity contribution in [2.75, 3.05) is 7.05 Å². The van der Waals surface area contributed by atoms with E-state index in [9.17, 15) is 8.42 Å². The number of rotatable bonds is 6. The lowest BCUT2D eigenvalue weighted by atomic mass is 10.1. The summed E-state index contributed by atoms with van der Waals surface area (Å²) in [5, 5.41) is 0. The van der Waals surface area contributed by atoms with E-state index in [0.29, 0.717) is 12.5 Å². The minimum absolute atomic E-state index is 0.00619. The van der Waals surface area contributed by atoms with Crippen LogP contribution < -0.4 is 5.73 Å². The van der Waals surface area contributed by atoms with Crippen LogP contribution >= 0.6 is 0 Å². The van der Waals surface area contributed by atoms with Gasteiger partial charge >= 0.3 is 0 Å². The van der Waals surface area contributed by atoms with Gasteiger partial charge in [-0.1, -0.05) is 38.1 Å². The topological polar surface area (TPSA) is 63.4 Å². The molecule has 1 aromatic carbocycles. The summed E-state index contributed by atoms with van der Waals surface area (Å²) in [6.45, 7) is 6.44. The first-order valence-electron chi connectivity index (χ1n) is 6.51. The molecule has 0 aliphatic carbocycles. The van der Waals surface area contributed by atoms with Crippen LogP contribution in [-0.2, 0) is 22.3 Å². The van der Waals surface area contributed by atoms with Gasteiger partial charge in [0.25, 0.3) is 0 Å². The molecule has 0 aliphatic rings. The van der Waals surface area contributed by atoms with Crippen molar-refractivity contribution in [1.82, 2.24) is 4.31 Å². The van der Waals surface area contributed by atoms with Crippen LogP contribution in [0.3, 0.4) is 0 Å². The molecule has 1 atom stereocenters. The fourth-order valence-corrected chi connectivity index (χ4v) is 3.32. The van der Waals surface area contributed by atoms with E-state index in [0.717, 1.165) is 11.1 Å². The molecule has 1 unspecified atom stereocenters. The van der Waals surface area contributed by atoms with Crippen LogP contribution in [0, 0.1) is 5.92 Å². The molecule has 1 aromatic rings. The van der Waals surface area contributed by atoms with Crippen LogP contribution in [0.25, 0.3) is 0 Å². The zero-order valence-electron chi connectivity index (χ0n) is 12.1. The molecular formula is C14H24N2O2S. The summed E-state index contributed by atoms with van der Waals surface area (Å²) < 4.78 is 26.1. The molecule has 0 spiro atoms. The molecular weight excluding hydrogens is 260 g/mol. The maximum absolute atomic E-state index is 12.3. The first-order chi connectivity index (χ1) is 8.77. The van der Waals surface area contributed by atoms with Gasteiger partial charge < -0.3 is 5.73 Å². The number of hydrogen-bond acceptors (Lipinski definition) is 3. The zero-order chi connectivity index (χ0) is 14.6. The summed E-state index contributed by atoms with van der Waals surface area (Å²) in [5.74, 6) is 0.324. The van der Waals surface area contributed by atoms with Gasteiger partial charge in [0.05, 0.1) is 5.75 Å². The maximum Gasteiger partial charge on any atom is 0.218 e. The van der Waals surface area contributed by atoms with Crippen LogP contribution in [0.15, 0.2) is 24.3 Å². The summed E-state index contributed by atoms with van der Waals surface area (Å²) in [5.41, 5.74) is 7.32. The summed E-state index contributed by atoms with van der Waals surface area (Å²) in [7, 11) is -1.63. The SMILES string of the molecule is CC(C)C(C)N(C)S(=O)(=O)Cc1ccc(CN)cc1. The Kier molecular flexibility index (Phi) is 5.52.